The van der Waals surface area contributed by atoms with Crippen LogP contribution in [0.3, 0.4) is 0 Å². The van der Waals surface area contributed by atoms with Crippen LogP contribution in [0.5, 0.6) is 0 Å². The highest BCUT2D eigenvalue weighted by molar-refractivity contribution is 6.42. The van der Waals surface area contributed by atoms with Crippen LogP contribution in [0.2, 0.25) is 10.0 Å². The molecule has 2 aromatic carbocycles. The molecule has 0 radical (unpaired) electrons. The van der Waals surface area contributed by atoms with E-state index in [0.29, 0.717) is 21.3 Å². The number of nitrogen functional groups attached to an aromatic ring is 2. The summed E-state index contributed by atoms with van der Waals surface area (Å²) in [6.07, 6.45) is 7.60. The number of allylic oxidation sites excluding steroid dienone is 2. The number of nitrogens with zero attached hydrogens (tertiary/aromatic N) is 2. The highest BCUT2D eigenvalue weighted by Gasteiger charge is 2.13. The van der Waals surface area contributed by atoms with Gasteiger partial charge in [-0.3, -0.25) is 0 Å². The Kier molecular flexibility index (Phi) is 5.56. The van der Waals surface area contributed by atoms with Crippen LogP contribution in [0.25, 0.3) is 23.3 Å². The molecule has 0 fully saturated rings. The standard InChI is InChI=1S/C20H16Cl2N4/c21-15-11-10-14(12-16(15)22)18-17(25-20(24)26-19(18)23)9-5-4-8-13-6-2-1-3-7-13/h1-12H,(H4,23,24,25,26). The van der Waals surface area contributed by atoms with Crippen LogP contribution in [0.4, 0.5) is 11.8 Å². The maximum atomic E-state index is 6.13. The molecule has 0 atom stereocenters. The number of rotatable bonds is 4. The fourth-order valence-corrected chi connectivity index (χ4v) is 2.76. The van der Waals surface area contributed by atoms with Gasteiger partial charge < -0.3 is 11.5 Å². The van der Waals surface area contributed by atoms with Crippen molar-refractivity contribution in [2.45, 2.75) is 0 Å². The first-order valence-electron chi connectivity index (χ1n) is 7.83. The molecule has 0 aliphatic heterocycles. The summed E-state index contributed by atoms with van der Waals surface area (Å²) < 4.78 is 0. The van der Waals surface area contributed by atoms with E-state index in [1.165, 1.54) is 0 Å². The molecule has 4 nitrogen and oxygen atoms in total. The third-order valence-corrected chi connectivity index (χ3v) is 4.38. The minimum atomic E-state index is 0.109. The Hall–Kier alpha value is -2.82. The van der Waals surface area contributed by atoms with Crippen LogP contribution >= 0.6 is 23.2 Å². The summed E-state index contributed by atoms with van der Waals surface area (Å²) in [5, 5.41) is 0.896. The fourth-order valence-electron chi connectivity index (χ4n) is 2.46. The molecule has 0 spiro atoms. The van der Waals surface area contributed by atoms with Gasteiger partial charge in [0.15, 0.2) is 0 Å². The lowest BCUT2D eigenvalue weighted by Gasteiger charge is -2.10. The average molecular weight is 383 g/mol. The SMILES string of the molecule is Nc1nc(N)c(-c2ccc(Cl)c(Cl)c2)c(C=CC=Cc2ccccc2)n1. The topological polar surface area (TPSA) is 77.8 Å². The van der Waals surface area contributed by atoms with Crippen molar-refractivity contribution in [3.63, 3.8) is 0 Å². The maximum absolute atomic E-state index is 6.13. The van der Waals surface area contributed by atoms with E-state index in [0.717, 1.165) is 11.1 Å². The molecular formula is C20H16Cl2N4. The molecule has 6 heteroatoms. The molecule has 4 N–H and O–H groups in total. The first-order valence-corrected chi connectivity index (χ1v) is 8.58. The van der Waals surface area contributed by atoms with Gasteiger partial charge >= 0.3 is 0 Å². The monoisotopic (exact) mass is 382 g/mol. The van der Waals surface area contributed by atoms with Gasteiger partial charge in [-0.05, 0) is 29.3 Å². The summed E-state index contributed by atoms with van der Waals surface area (Å²) in [6, 6.07) is 15.2. The van der Waals surface area contributed by atoms with Crippen LogP contribution in [0.15, 0.2) is 60.7 Å². The number of halogens is 2. The molecule has 0 amide bonds. The third-order valence-electron chi connectivity index (χ3n) is 3.64. The van der Waals surface area contributed by atoms with Crippen LogP contribution < -0.4 is 11.5 Å². The van der Waals surface area contributed by atoms with Crippen molar-refractivity contribution in [2.75, 3.05) is 11.5 Å². The summed E-state index contributed by atoms with van der Waals surface area (Å²) in [5.74, 6) is 0.389. The number of nitrogens with two attached hydrogens (primary N) is 2. The highest BCUT2D eigenvalue weighted by Crippen LogP contribution is 2.33. The van der Waals surface area contributed by atoms with Gasteiger partial charge in [0, 0.05) is 5.56 Å². The summed E-state index contributed by atoms with van der Waals surface area (Å²) >= 11 is 12.1. The van der Waals surface area contributed by atoms with Crippen molar-refractivity contribution >= 4 is 47.1 Å². The minimum absolute atomic E-state index is 0.109. The van der Waals surface area contributed by atoms with Gasteiger partial charge in [-0.1, -0.05) is 77.8 Å². The number of anilines is 2. The zero-order chi connectivity index (χ0) is 18.5. The Morgan fingerprint density at radius 1 is 0.808 bits per heavy atom. The molecule has 1 heterocycles. The predicted molar refractivity (Wildman–Crippen MR) is 111 cm³/mol. The first-order chi connectivity index (χ1) is 12.5. The Balaban J connectivity index is 1.97. The Morgan fingerprint density at radius 3 is 2.27 bits per heavy atom. The van der Waals surface area contributed by atoms with Crippen molar-refractivity contribution in [1.29, 1.82) is 0 Å². The zero-order valence-electron chi connectivity index (χ0n) is 13.7. The van der Waals surface area contributed by atoms with E-state index in [1.54, 1.807) is 12.1 Å². The first kappa shape index (κ1) is 18.0. The van der Waals surface area contributed by atoms with Gasteiger partial charge in [0.25, 0.3) is 0 Å². The lowest BCUT2D eigenvalue weighted by atomic mass is 10.0. The predicted octanol–water partition coefficient (Wildman–Crippen LogP) is 5.34. The summed E-state index contributed by atoms with van der Waals surface area (Å²) in [5.41, 5.74) is 15.0. The van der Waals surface area contributed by atoms with E-state index >= 15 is 0 Å². The third kappa shape index (κ3) is 4.23. The normalized spacial score (nSPS) is 11.5. The number of benzene rings is 2. The zero-order valence-corrected chi connectivity index (χ0v) is 15.2. The van der Waals surface area contributed by atoms with Crippen LogP contribution in [-0.2, 0) is 0 Å². The summed E-state index contributed by atoms with van der Waals surface area (Å²) in [6.45, 7) is 0. The van der Waals surface area contributed by atoms with E-state index in [2.05, 4.69) is 9.97 Å². The second-order valence-corrected chi connectivity index (χ2v) is 6.30. The average Bonchev–Trinajstić information content (AvgIpc) is 2.62. The van der Waals surface area contributed by atoms with E-state index in [1.807, 2.05) is 60.7 Å². The van der Waals surface area contributed by atoms with Crippen LogP contribution in [-0.4, -0.2) is 9.97 Å². The Bertz CT molecular complexity index is 983. The molecule has 0 saturated carbocycles. The van der Waals surface area contributed by atoms with Gasteiger partial charge in [0.2, 0.25) is 5.95 Å². The molecule has 0 unspecified atom stereocenters. The van der Waals surface area contributed by atoms with Gasteiger partial charge in [-0.15, -0.1) is 0 Å². The van der Waals surface area contributed by atoms with E-state index in [-0.39, 0.29) is 11.8 Å². The Morgan fingerprint density at radius 2 is 1.54 bits per heavy atom. The molecule has 0 saturated heterocycles. The lowest BCUT2D eigenvalue weighted by Crippen LogP contribution is -2.04. The second kappa shape index (κ2) is 8.04. The van der Waals surface area contributed by atoms with Gasteiger partial charge in [0.1, 0.15) is 5.82 Å². The summed E-state index contributed by atoms with van der Waals surface area (Å²) in [7, 11) is 0. The Labute approximate surface area is 161 Å². The lowest BCUT2D eigenvalue weighted by molar-refractivity contribution is 1.18. The largest absolute Gasteiger partial charge is 0.383 e. The van der Waals surface area contributed by atoms with Crippen molar-refractivity contribution in [3.05, 3.63) is 82.0 Å². The molecular weight excluding hydrogens is 367 g/mol. The molecule has 26 heavy (non-hydrogen) atoms. The van der Waals surface area contributed by atoms with Crippen molar-refractivity contribution in [2.24, 2.45) is 0 Å². The number of hydrogen-bond donors (Lipinski definition) is 2. The number of aromatic nitrogens is 2. The van der Waals surface area contributed by atoms with Crippen molar-refractivity contribution in [3.8, 4) is 11.1 Å². The number of hydrogen-bond acceptors (Lipinski definition) is 4. The molecule has 130 valence electrons. The van der Waals surface area contributed by atoms with E-state index < -0.39 is 0 Å². The highest BCUT2D eigenvalue weighted by atomic mass is 35.5. The minimum Gasteiger partial charge on any atom is -0.383 e. The van der Waals surface area contributed by atoms with E-state index in [9.17, 15) is 0 Å². The second-order valence-electron chi connectivity index (χ2n) is 5.49. The molecule has 3 aromatic rings. The molecule has 3 rings (SSSR count). The van der Waals surface area contributed by atoms with E-state index in [4.69, 9.17) is 34.7 Å². The summed E-state index contributed by atoms with van der Waals surface area (Å²) in [4.78, 5) is 8.35. The van der Waals surface area contributed by atoms with Crippen molar-refractivity contribution < 1.29 is 0 Å². The van der Waals surface area contributed by atoms with Gasteiger partial charge in [-0.25, -0.2) is 4.98 Å². The smallest absolute Gasteiger partial charge is 0.222 e. The van der Waals surface area contributed by atoms with Gasteiger partial charge in [-0.2, -0.15) is 4.98 Å². The van der Waals surface area contributed by atoms with Crippen molar-refractivity contribution in [1.82, 2.24) is 9.97 Å². The fraction of sp³-hybridized carbons (Fsp3) is 0. The molecule has 1 aromatic heterocycles. The molecule has 0 aliphatic carbocycles. The quantitative estimate of drug-likeness (QED) is 0.596. The van der Waals surface area contributed by atoms with Gasteiger partial charge in [0.05, 0.1) is 15.7 Å². The van der Waals surface area contributed by atoms with Crippen LogP contribution in [0, 0.1) is 0 Å². The van der Waals surface area contributed by atoms with Crippen LogP contribution in [0.1, 0.15) is 11.3 Å². The molecule has 0 aliphatic rings. The maximum Gasteiger partial charge on any atom is 0.222 e. The molecule has 0 bridgehead atoms.